The average molecular weight is 437 g/mol. The van der Waals surface area contributed by atoms with Crippen LogP contribution in [0.15, 0.2) is 29.2 Å². The number of carbonyl (C=O) groups is 1. The topological polar surface area (TPSA) is 89.7 Å². The fourth-order valence-electron chi connectivity index (χ4n) is 4.41. The Balaban J connectivity index is 1.38. The van der Waals surface area contributed by atoms with E-state index in [4.69, 9.17) is 10.5 Å². The van der Waals surface area contributed by atoms with E-state index in [0.29, 0.717) is 30.1 Å². The van der Waals surface area contributed by atoms with Crippen molar-refractivity contribution in [3.63, 3.8) is 0 Å². The van der Waals surface area contributed by atoms with Crippen molar-refractivity contribution in [1.82, 2.24) is 4.90 Å². The third kappa shape index (κ3) is 5.62. The van der Waals surface area contributed by atoms with Gasteiger partial charge >= 0.3 is 0 Å². The van der Waals surface area contributed by atoms with E-state index in [-0.39, 0.29) is 23.6 Å². The zero-order valence-corrected chi connectivity index (χ0v) is 19.1. The molecule has 0 radical (unpaired) electrons. The molecule has 1 aromatic rings. The molecule has 2 N–H and O–H groups in total. The highest BCUT2D eigenvalue weighted by Gasteiger charge is 2.34. The summed E-state index contributed by atoms with van der Waals surface area (Å²) in [7, 11) is -1.26. The van der Waals surface area contributed by atoms with E-state index >= 15 is 0 Å². The number of hydrogen-bond donors (Lipinski definition) is 1. The van der Waals surface area contributed by atoms with Crippen LogP contribution in [0.25, 0.3) is 0 Å². The van der Waals surface area contributed by atoms with Crippen molar-refractivity contribution in [2.75, 3.05) is 19.4 Å². The van der Waals surface area contributed by atoms with Crippen molar-refractivity contribution < 1.29 is 17.9 Å². The molecule has 0 unspecified atom stereocenters. The highest BCUT2D eigenvalue weighted by atomic mass is 32.2. The molecule has 1 atom stereocenters. The van der Waals surface area contributed by atoms with Crippen LogP contribution < -0.4 is 5.73 Å². The molecular weight excluding hydrogens is 400 g/mol. The molecule has 3 rings (SSSR count). The zero-order valence-electron chi connectivity index (χ0n) is 18.3. The molecule has 1 amide bonds. The second-order valence-corrected chi connectivity index (χ2v) is 11.2. The molecule has 1 aromatic carbocycles. The standard InChI is InChI=1S/C23H36N2O4S/c1-3-30(27,28)21-13-9-18(10-14-21)16-29-15-17-7-11-19(12-8-17)22(24)23(26)25(2)20-5-4-6-20/h9-10,13-14,17,19-20,22H,3-8,11-12,15-16,24H2,1-2H3/t17?,19?,22-/m0/s1. The van der Waals surface area contributed by atoms with Crippen LogP contribution in [0.4, 0.5) is 0 Å². The van der Waals surface area contributed by atoms with Gasteiger partial charge in [-0.3, -0.25) is 4.79 Å². The van der Waals surface area contributed by atoms with Crippen molar-refractivity contribution in [3.8, 4) is 0 Å². The van der Waals surface area contributed by atoms with Crippen LogP contribution in [-0.2, 0) is 26.0 Å². The number of carbonyl (C=O) groups excluding carboxylic acids is 1. The van der Waals surface area contributed by atoms with Gasteiger partial charge in [0.1, 0.15) is 0 Å². The maximum absolute atomic E-state index is 12.6. The van der Waals surface area contributed by atoms with E-state index in [1.807, 2.05) is 24.1 Å². The van der Waals surface area contributed by atoms with Gasteiger partial charge in [0.2, 0.25) is 5.91 Å². The van der Waals surface area contributed by atoms with Crippen LogP contribution in [0.5, 0.6) is 0 Å². The summed E-state index contributed by atoms with van der Waals surface area (Å²) in [5.41, 5.74) is 7.30. The molecule has 30 heavy (non-hydrogen) atoms. The van der Waals surface area contributed by atoms with E-state index in [1.165, 1.54) is 6.42 Å². The summed E-state index contributed by atoms with van der Waals surface area (Å²) in [6, 6.07) is 6.97. The van der Waals surface area contributed by atoms with Gasteiger partial charge in [-0.25, -0.2) is 8.42 Å². The first-order valence-electron chi connectivity index (χ1n) is 11.2. The minimum absolute atomic E-state index is 0.105. The lowest BCUT2D eigenvalue weighted by Crippen LogP contribution is -2.52. The normalized spacial score (nSPS) is 23.6. The molecule has 0 spiro atoms. The second-order valence-electron chi connectivity index (χ2n) is 8.90. The Morgan fingerprint density at radius 1 is 1.13 bits per heavy atom. The number of sulfone groups is 1. The highest BCUT2D eigenvalue weighted by molar-refractivity contribution is 7.91. The average Bonchev–Trinajstić information content (AvgIpc) is 2.72. The van der Waals surface area contributed by atoms with Gasteiger partial charge < -0.3 is 15.4 Å². The maximum atomic E-state index is 12.6. The Morgan fingerprint density at radius 3 is 2.30 bits per heavy atom. The van der Waals surface area contributed by atoms with E-state index in [1.54, 1.807) is 19.1 Å². The van der Waals surface area contributed by atoms with Crippen molar-refractivity contribution in [3.05, 3.63) is 29.8 Å². The lowest BCUT2D eigenvalue weighted by molar-refractivity contribution is -0.136. The van der Waals surface area contributed by atoms with Crippen molar-refractivity contribution in [1.29, 1.82) is 0 Å². The minimum Gasteiger partial charge on any atom is -0.376 e. The van der Waals surface area contributed by atoms with Gasteiger partial charge in [0, 0.05) is 19.7 Å². The summed E-state index contributed by atoms with van der Waals surface area (Å²) in [5, 5.41) is 0. The molecule has 2 fully saturated rings. The van der Waals surface area contributed by atoms with Gasteiger partial charge in [-0.15, -0.1) is 0 Å². The summed E-state index contributed by atoms with van der Waals surface area (Å²) in [6.45, 7) is 2.82. The van der Waals surface area contributed by atoms with Gasteiger partial charge in [-0.05, 0) is 74.5 Å². The molecule has 2 saturated carbocycles. The van der Waals surface area contributed by atoms with Crippen molar-refractivity contribution in [2.24, 2.45) is 17.6 Å². The number of amides is 1. The lowest BCUT2D eigenvalue weighted by atomic mass is 9.78. The Kier molecular flexibility index (Phi) is 7.93. The number of likely N-dealkylation sites (N-methyl/N-ethyl adjacent to an activating group) is 1. The Hall–Kier alpha value is -1.44. The van der Waals surface area contributed by atoms with Crippen molar-refractivity contribution >= 4 is 15.7 Å². The molecule has 2 aliphatic carbocycles. The molecule has 0 heterocycles. The SMILES string of the molecule is CCS(=O)(=O)c1ccc(COCC2CCC([C@H](N)C(=O)N(C)C3CCC3)CC2)cc1. The first-order chi connectivity index (χ1) is 14.3. The van der Waals surface area contributed by atoms with Gasteiger partial charge in [-0.2, -0.15) is 0 Å². The number of nitrogens with zero attached hydrogens (tertiary/aromatic N) is 1. The smallest absolute Gasteiger partial charge is 0.239 e. The third-order valence-corrected chi connectivity index (χ3v) is 8.69. The molecule has 6 nitrogen and oxygen atoms in total. The molecule has 0 saturated heterocycles. The maximum Gasteiger partial charge on any atom is 0.239 e. The fourth-order valence-corrected chi connectivity index (χ4v) is 5.29. The number of ether oxygens (including phenoxy) is 1. The quantitative estimate of drug-likeness (QED) is 0.642. The second kappa shape index (κ2) is 10.2. The predicted octanol–water partition coefficient (Wildman–Crippen LogP) is 3.14. The summed E-state index contributed by atoms with van der Waals surface area (Å²) < 4.78 is 29.6. The summed E-state index contributed by atoms with van der Waals surface area (Å²) in [6.07, 6.45) is 7.45. The molecule has 0 aliphatic heterocycles. The van der Waals surface area contributed by atoms with Crippen LogP contribution in [0.2, 0.25) is 0 Å². The lowest BCUT2D eigenvalue weighted by Gasteiger charge is -2.38. The molecular formula is C23H36N2O4S. The predicted molar refractivity (Wildman–Crippen MR) is 118 cm³/mol. The number of rotatable bonds is 9. The van der Waals surface area contributed by atoms with Gasteiger partial charge in [0.05, 0.1) is 23.3 Å². The van der Waals surface area contributed by atoms with E-state index in [2.05, 4.69) is 0 Å². The first kappa shape index (κ1) is 23.2. The zero-order chi connectivity index (χ0) is 21.7. The third-order valence-electron chi connectivity index (χ3n) is 6.94. The summed E-state index contributed by atoms with van der Waals surface area (Å²) in [5.74, 6) is 0.974. The van der Waals surface area contributed by atoms with Crippen LogP contribution in [0.1, 0.15) is 57.4 Å². The van der Waals surface area contributed by atoms with Gasteiger partial charge in [-0.1, -0.05) is 19.1 Å². The fraction of sp³-hybridized carbons (Fsp3) is 0.696. The Morgan fingerprint density at radius 2 is 1.77 bits per heavy atom. The minimum atomic E-state index is -3.16. The van der Waals surface area contributed by atoms with E-state index in [0.717, 1.165) is 44.1 Å². The number of benzene rings is 1. The first-order valence-corrected chi connectivity index (χ1v) is 12.9. The van der Waals surface area contributed by atoms with Crippen LogP contribution in [0.3, 0.4) is 0 Å². The summed E-state index contributed by atoms with van der Waals surface area (Å²) in [4.78, 5) is 14.9. The van der Waals surface area contributed by atoms with Crippen LogP contribution in [-0.4, -0.2) is 50.7 Å². The molecule has 7 heteroatoms. The van der Waals surface area contributed by atoms with Crippen LogP contribution >= 0.6 is 0 Å². The molecule has 2 aliphatic rings. The number of nitrogens with two attached hydrogens (primary N) is 1. The number of hydrogen-bond acceptors (Lipinski definition) is 5. The highest BCUT2D eigenvalue weighted by Crippen LogP contribution is 2.32. The molecule has 0 bridgehead atoms. The molecule has 168 valence electrons. The largest absolute Gasteiger partial charge is 0.376 e. The molecule has 0 aromatic heterocycles. The van der Waals surface area contributed by atoms with E-state index < -0.39 is 9.84 Å². The van der Waals surface area contributed by atoms with Crippen molar-refractivity contribution in [2.45, 2.75) is 75.5 Å². The van der Waals surface area contributed by atoms with Crippen LogP contribution in [0, 0.1) is 11.8 Å². The van der Waals surface area contributed by atoms with E-state index in [9.17, 15) is 13.2 Å². The Bertz CT molecular complexity index is 797. The summed E-state index contributed by atoms with van der Waals surface area (Å²) >= 11 is 0. The Labute approximate surface area is 181 Å². The monoisotopic (exact) mass is 436 g/mol. The van der Waals surface area contributed by atoms with Gasteiger partial charge in [0.15, 0.2) is 9.84 Å². The van der Waals surface area contributed by atoms with Gasteiger partial charge in [0.25, 0.3) is 0 Å².